The lowest BCUT2D eigenvalue weighted by atomic mass is 9.99. The van der Waals surface area contributed by atoms with Gasteiger partial charge in [-0.25, -0.2) is 0 Å². The highest BCUT2D eigenvalue weighted by Gasteiger charge is 2.25. The summed E-state index contributed by atoms with van der Waals surface area (Å²) in [6.07, 6.45) is 3.41. The molecule has 104 valence electrons. The molecule has 1 fully saturated rings. The first-order chi connectivity index (χ1) is 9.68. The number of carbonyl (C=O) groups excluding carboxylic acids is 1. The maximum atomic E-state index is 12.8. The quantitative estimate of drug-likeness (QED) is 0.756. The third kappa shape index (κ3) is 2.29. The molecule has 0 aliphatic carbocycles. The summed E-state index contributed by atoms with van der Waals surface area (Å²) in [7, 11) is 0. The molecular weight excluding hydrogens is 270 g/mol. The van der Waals surface area contributed by atoms with E-state index in [-0.39, 0.29) is 5.91 Å². The molecular formula is C17H18ClNO. The minimum absolute atomic E-state index is 0.130. The van der Waals surface area contributed by atoms with Gasteiger partial charge in [0.15, 0.2) is 0 Å². The normalized spacial score (nSPS) is 19.3. The van der Waals surface area contributed by atoms with Gasteiger partial charge in [0, 0.05) is 28.6 Å². The van der Waals surface area contributed by atoms with Crippen molar-refractivity contribution >= 4 is 28.3 Å². The van der Waals surface area contributed by atoms with Crippen molar-refractivity contribution in [1.29, 1.82) is 0 Å². The van der Waals surface area contributed by atoms with Crippen LogP contribution in [0.15, 0.2) is 36.4 Å². The summed E-state index contributed by atoms with van der Waals surface area (Å²) in [5, 5.41) is 2.59. The second kappa shape index (κ2) is 5.45. The predicted octanol–water partition coefficient (Wildman–Crippen LogP) is 4.51. The van der Waals surface area contributed by atoms with E-state index in [2.05, 4.69) is 6.92 Å². The van der Waals surface area contributed by atoms with E-state index in [4.69, 9.17) is 11.6 Å². The number of hydrogen-bond donors (Lipinski definition) is 0. The topological polar surface area (TPSA) is 20.3 Å². The van der Waals surface area contributed by atoms with E-state index in [1.807, 2.05) is 41.3 Å². The summed E-state index contributed by atoms with van der Waals surface area (Å²) in [6, 6.07) is 11.9. The Kier molecular flexibility index (Phi) is 3.66. The van der Waals surface area contributed by atoms with E-state index in [1.165, 1.54) is 6.42 Å². The summed E-state index contributed by atoms with van der Waals surface area (Å²) in [4.78, 5) is 14.8. The third-order valence-electron chi connectivity index (χ3n) is 4.16. The Balaban J connectivity index is 2.05. The van der Waals surface area contributed by atoms with Gasteiger partial charge in [0.25, 0.3) is 5.91 Å². The average Bonchev–Trinajstić information content (AvgIpc) is 2.47. The van der Waals surface area contributed by atoms with Crippen LogP contribution in [-0.2, 0) is 0 Å². The Morgan fingerprint density at radius 3 is 2.70 bits per heavy atom. The van der Waals surface area contributed by atoms with Crippen molar-refractivity contribution in [3.05, 3.63) is 47.0 Å². The summed E-state index contributed by atoms with van der Waals surface area (Å²) in [5.74, 6) is 0.130. The molecule has 2 aromatic carbocycles. The van der Waals surface area contributed by atoms with Crippen molar-refractivity contribution in [1.82, 2.24) is 4.90 Å². The van der Waals surface area contributed by atoms with Crippen molar-refractivity contribution < 1.29 is 4.79 Å². The van der Waals surface area contributed by atoms with Crippen LogP contribution < -0.4 is 0 Å². The zero-order valence-corrected chi connectivity index (χ0v) is 12.4. The number of benzene rings is 2. The summed E-state index contributed by atoms with van der Waals surface area (Å²) < 4.78 is 0. The average molecular weight is 288 g/mol. The number of carbonyl (C=O) groups is 1. The molecule has 2 nitrogen and oxygen atoms in total. The van der Waals surface area contributed by atoms with Crippen molar-refractivity contribution in [2.75, 3.05) is 6.54 Å². The Labute approximate surface area is 124 Å². The highest BCUT2D eigenvalue weighted by atomic mass is 35.5. The van der Waals surface area contributed by atoms with Crippen LogP contribution in [0.5, 0.6) is 0 Å². The molecule has 1 aliphatic rings. The molecule has 1 aliphatic heterocycles. The van der Waals surface area contributed by atoms with Crippen molar-refractivity contribution in [2.24, 2.45) is 0 Å². The highest BCUT2D eigenvalue weighted by Crippen LogP contribution is 2.28. The highest BCUT2D eigenvalue weighted by molar-refractivity contribution is 6.36. The molecule has 0 N–H and O–H groups in total. The first-order valence-corrected chi connectivity index (χ1v) is 7.54. The minimum Gasteiger partial charge on any atom is -0.336 e. The Morgan fingerprint density at radius 1 is 1.15 bits per heavy atom. The monoisotopic (exact) mass is 287 g/mol. The molecule has 1 saturated heterocycles. The minimum atomic E-state index is 0.130. The Hall–Kier alpha value is -1.54. The molecule has 3 heteroatoms. The number of piperidine rings is 1. The van der Waals surface area contributed by atoms with E-state index < -0.39 is 0 Å². The van der Waals surface area contributed by atoms with E-state index in [0.29, 0.717) is 11.1 Å². The van der Waals surface area contributed by atoms with Crippen LogP contribution in [0.2, 0.25) is 5.02 Å². The van der Waals surface area contributed by atoms with E-state index in [9.17, 15) is 4.79 Å². The molecule has 20 heavy (non-hydrogen) atoms. The second-order valence-corrected chi connectivity index (χ2v) is 5.89. The zero-order chi connectivity index (χ0) is 14.1. The van der Waals surface area contributed by atoms with E-state index in [1.54, 1.807) is 0 Å². The van der Waals surface area contributed by atoms with Crippen molar-refractivity contribution in [3.8, 4) is 0 Å². The van der Waals surface area contributed by atoms with Crippen LogP contribution >= 0.6 is 11.6 Å². The largest absolute Gasteiger partial charge is 0.336 e. The number of fused-ring (bicyclic) bond motifs is 1. The first kappa shape index (κ1) is 13.4. The third-order valence-corrected chi connectivity index (χ3v) is 4.49. The fourth-order valence-corrected chi connectivity index (χ4v) is 3.25. The molecule has 1 heterocycles. The SMILES string of the molecule is CC1CCCCN1C(=O)c1cccc2c(Cl)cccc12. The lowest BCUT2D eigenvalue weighted by molar-refractivity contribution is 0.0637. The van der Waals surface area contributed by atoms with Gasteiger partial charge in [0.2, 0.25) is 0 Å². The van der Waals surface area contributed by atoms with Gasteiger partial charge in [-0.2, -0.15) is 0 Å². The summed E-state index contributed by atoms with van der Waals surface area (Å²) in [6.45, 7) is 2.99. The molecule has 0 saturated carbocycles. The van der Waals surface area contributed by atoms with Gasteiger partial charge in [-0.3, -0.25) is 4.79 Å². The van der Waals surface area contributed by atoms with Gasteiger partial charge < -0.3 is 4.90 Å². The fraction of sp³-hybridized carbons (Fsp3) is 0.353. The molecule has 0 aromatic heterocycles. The van der Waals surface area contributed by atoms with Crippen molar-refractivity contribution in [3.63, 3.8) is 0 Å². The first-order valence-electron chi connectivity index (χ1n) is 7.16. The van der Waals surface area contributed by atoms with Gasteiger partial charge in [-0.15, -0.1) is 0 Å². The molecule has 1 unspecified atom stereocenters. The Morgan fingerprint density at radius 2 is 1.90 bits per heavy atom. The number of hydrogen-bond acceptors (Lipinski definition) is 1. The number of nitrogens with zero attached hydrogens (tertiary/aromatic N) is 1. The fourth-order valence-electron chi connectivity index (χ4n) is 3.01. The van der Waals surface area contributed by atoms with Crippen LogP contribution in [0.1, 0.15) is 36.5 Å². The molecule has 0 spiro atoms. The molecule has 2 aromatic rings. The Bertz CT molecular complexity index is 652. The molecule has 3 rings (SSSR count). The zero-order valence-electron chi connectivity index (χ0n) is 11.6. The van der Waals surface area contributed by atoms with Crippen LogP contribution in [0.3, 0.4) is 0 Å². The van der Waals surface area contributed by atoms with Crippen LogP contribution in [0.4, 0.5) is 0 Å². The molecule has 0 bridgehead atoms. The predicted molar refractivity (Wildman–Crippen MR) is 83.3 cm³/mol. The van der Waals surface area contributed by atoms with E-state index >= 15 is 0 Å². The van der Waals surface area contributed by atoms with E-state index in [0.717, 1.165) is 35.7 Å². The van der Waals surface area contributed by atoms with Crippen molar-refractivity contribution in [2.45, 2.75) is 32.2 Å². The van der Waals surface area contributed by atoms with Gasteiger partial charge in [0.05, 0.1) is 0 Å². The lowest BCUT2D eigenvalue weighted by Gasteiger charge is -2.33. The second-order valence-electron chi connectivity index (χ2n) is 5.48. The van der Waals surface area contributed by atoms with Gasteiger partial charge in [0.1, 0.15) is 0 Å². The summed E-state index contributed by atoms with van der Waals surface area (Å²) in [5.41, 5.74) is 0.763. The van der Waals surface area contributed by atoms with Gasteiger partial charge >= 0.3 is 0 Å². The van der Waals surface area contributed by atoms with Gasteiger partial charge in [-0.05, 0) is 43.7 Å². The summed E-state index contributed by atoms with van der Waals surface area (Å²) >= 11 is 6.22. The van der Waals surface area contributed by atoms with Crippen LogP contribution in [-0.4, -0.2) is 23.4 Å². The smallest absolute Gasteiger partial charge is 0.254 e. The standard InChI is InChI=1S/C17H18ClNO/c1-12-6-2-3-11-19(12)17(20)15-9-4-8-14-13(15)7-5-10-16(14)18/h4-5,7-10,12H,2-3,6,11H2,1H3. The number of amides is 1. The maximum Gasteiger partial charge on any atom is 0.254 e. The molecule has 1 amide bonds. The number of likely N-dealkylation sites (tertiary alicyclic amines) is 1. The van der Waals surface area contributed by atoms with Crippen LogP contribution in [0, 0.1) is 0 Å². The van der Waals surface area contributed by atoms with Gasteiger partial charge in [-0.1, -0.05) is 35.9 Å². The number of rotatable bonds is 1. The van der Waals surface area contributed by atoms with Crippen LogP contribution in [0.25, 0.3) is 10.8 Å². The number of halogens is 1. The lowest BCUT2D eigenvalue weighted by Crippen LogP contribution is -2.42. The maximum absolute atomic E-state index is 12.8. The molecule has 1 atom stereocenters. The molecule has 0 radical (unpaired) electrons.